The number of aromatic nitrogens is 4. The molecular weight excluding hydrogens is 442 g/mol. The van der Waals surface area contributed by atoms with Crippen LogP contribution in [0.5, 0.6) is 0 Å². The van der Waals surface area contributed by atoms with Crippen LogP contribution in [0.25, 0.3) is 11.4 Å². The van der Waals surface area contributed by atoms with Gasteiger partial charge in [-0.2, -0.15) is 0 Å². The van der Waals surface area contributed by atoms with E-state index in [0.29, 0.717) is 17.3 Å². The van der Waals surface area contributed by atoms with Crippen molar-refractivity contribution in [1.29, 1.82) is 0 Å². The molecule has 0 radical (unpaired) electrons. The number of nitrogens with one attached hydrogen (secondary N) is 2. The molecule has 9 nitrogen and oxygen atoms in total. The lowest BCUT2D eigenvalue weighted by Gasteiger charge is -2.37. The molecule has 3 aromatic rings. The van der Waals surface area contributed by atoms with Gasteiger partial charge in [-0.1, -0.05) is 6.42 Å². The summed E-state index contributed by atoms with van der Waals surface area (Å²) in [6.45, 7) is 1.73. The Morgan fingerprint density at radius 3 is 2.89 bits per heavy atom. The highest BCUT2D eigenvalue weighted by atomic mass is 16.1. The molecule has 2 unspecified atom stereocenters. The molecule has 5 rings (SSSR count). The van der Waals surface area contributed by atoms with Crippen LogP contribution in [0.3, 0.4) is 0 Å². The Balaban J connectivity index is 1.46. The molecule has 1 saturated heterocycles. The van der Waals surface area contributed by atoms with Gasteiger partial charge in [0.15, 0.2) is 5.82 Å². The van der Waals surface area contributed by atoms with Gasteiger partial charge in [-0.3, -0.25) is 14.6 Å². The first kappa shape index (κ1) is 23.0. The predicted molar refractivity (Wildman–Crippen MR) is 136 cm³/mol. The second-order valence-electron chi connectivity index (χ2n) is 9.72. The molecule has 1 spiro atoms. The van der Waals surface area contributed by atoms with Crippen LogP contribution >= 0.6 is 0 Å². The average molecular weight is 474 g/mol. The van der Waals surface area contributed by atoms with E-state index >= 15 is 0 Å². The molecule has 1 aliphatic carbocycles. The molecule has 3 aromatic heterocycles. The van der Waals surface area contributed by atoms with Gasteiger partial charge >= 0.3 is 0 Å². The number of anilines is 3. The van der Waals surface area contributed by atoms with Gasteiger partial charge in [-0.05, 0) is 55.4 Å². The first-order valence-corrected chi connectivity index (χ1v) is 12.2. The van der Waals surface area contributed by atoms with Crippen molar-refractivity contribution in [3.63, 3.8) is 0 Å². The van der Waals surface area contributed by atoms with Crippen LogP contribution in [0.1, 0.15) is 32.1 Å². The van der Waals surface area contributed by atoms with Crippen LogP contribution in [0.4, 0.5) is 17.3 Å². The van der Waals surface area contributed by atoms with Crippen molar-refractivity contribution in [2.24, 2.45) is 18.4 Å². The zero-order chi connectivity index (χ0) is 24.4. The molecule has 0 bridgehead atoms. The van der Waals surface area contributed by atoms with Gasteiger partial charge in [0.1, 0.15) is 17.3 Å². The third kappa shape index (κ3) is 4.76. The number of pyridine rings is 2. The zero-order valence-electron chi connectivity index (χ0n) is 20.2. The minimum atomic E-state index is -0.127. The first-order chi connectivity index (χ1) is 17.0. The lowest BCUT2D eigenvalue weighted by atomic mass is 9.69. The summed E-state index contributed by atoms with van der Waals surface area (Å²) in [5.41, 5.74) is 1.26. The minimum Gasteiger partial charge on any atom is -0.359 e. The van der Waals surface area contributed by atoms with Gasteiger partial charge in [-0.15, -0.1) is 0 Å². The Bertz CT molecular complexity index is 1280. The van der Waals surface area contributed by atoms with Crippen molar-refractivity contribution in [2.45, 2.75) is 32.1 Å². The summed E-state index contributed by atoms with van der Waals surface area (Å²) in [6, 6.07) is 9.27. The maximum atomic E-state index is 12.6. The summed E-state index contributed by atoms with van der Waals surface area (Å²) in [6.07, 6.45) is 10.3. The summed E-state index contributed by atoms with van der Waals surface area (Å²) in [4.78, 5) is 41.0. The Labute approximate surface area is 204 Å². The number of nitrogens with zero attached hydrogens (tertiary/aromatic N) is 5. The van der Waals surface area contributed by atoms with Gasteiger partial charge in [0.05, 0.1) is 0 Å². The monoisotopic (exact) mass is 473 g/mol. The molecule has 4 heterocycles. The summed E-state index contributed by atoms with van der Waals surface area (Å²) in [7, 11) is 3.44. The molecule has 9 heteroatoms. The molecule has 2 atom stereocenters. The van der Waals surface area contributed by atoms with Crippen molar-refractivity contribution in [3.05, 3.63) is 59.3 Å². The maximum Gasteiger partial charge on any atom is 0.274 e. The van der Waals surface area contributed by atoms with E-state index < -0.39 is 0 Å². The second-order valence-corrected chi connectivity index (χ2v) is 9.72. The summed E-state index contributed by atoms with van der Waals surface area (Å²) < 4.78 is 1.53. The van der Waals surface area contributed by atoms with E-state index in [4.69, 9.17) is 9.97 Å². The number of carbonyl (C=O) groups excluding carboxylic acids is 1. The summed E-state index contributed by atoms with van der Waals surface area (Å²) >= 11 is 0. The fourth-order valence-electron chi connectivity index (χ4n) is 5.49. The topological polar surface area (TPSA) is 105 Å². The van der Waals surface area contributed by atoms with Crippen molar-refractivity contribution >= 4 is 23.2 Å². The Kier molecular flexibility index (Phi) is 6.23. The van der Waals surface area contributed by atoms with Crippen molar-refractivity contribution in [1.82, 2.24) is 24.8 Å². The number of hydrogen-bond acceptors (Lipinski definition) is 7. The predicted octanol–water partition coefficient (Wildman–Crippen LogP) is 3.11. The molecule has 35 heavy (non-hydrogen) atoms. The molecule has 1 saturated carbocycles. The van der Waals surface area contributed by atoms with E-state index in [1.807, 2.05) is 24.3 Å². The summed E-state index contributed by atoms with van der Waals surface area (Å²) in [5.74, 6) is 2.16. The minimum absolute atomic E-state index is 0.0802. The molecule has 0 aromatic carbocycles. The molecule has 1 amide bonds. The van der Waals surface area contributed by atoms with Gasteiger partial charge in [0.2, 0.25) is 5.91 Å². The van der Waals surface area contributed by atoms with Crippen LogP contribution in [0.15, 0.2) is 53.7 Å². The van der Waals surface area contributed by atoms with Gasteiger partial charge < -0.3 is 20.1 Å². The van der Waals surface area contributed by atoms with Gasteiger partial charge in [0.25, 0.3) is 5.56 Å². The van der Waals surface area contributed by atoms with E-state index in [-0.39, 0.29) is 22.8 Å². The highest BCUT2D eigenvalue weighted by Crippen LogP contribution is 2.47. The quantitative estimate of drug-likeness (QED) is 0.587. The van der Waals surface area contributed by atoms with Crippen LogP contribution in [0.2, 0.25) is 0 Å². The fourth-order valence-corrected chi connectivity index (χ4v) is 5.49. The van der Waals surface area contributed by atoms with E-state index in [1.165, 1.54) is 4.57 Å². The zero-order valence-corrected chi connectivity index (χ0v) is 20.2. The van der Waals surface area contributed by atoms with Crippen LogP contribution in [-0.2, 0) is 11.8 Å². The third-order valence-corrected chi connectivity index (χ3v) is 7.34. The van der Waals surface area contributed by atoms with E-state index in [0.717, 1.165) is 56.6 Å². The Hall–Kier alpha value is -3.75. The number of carbonyl (C=O) groups is 1. The van der Waals surface area contributed by atoms with Gasteiger partial charge in [-0.25, -0.2) is 9.97 Å². The summed E-state index contributed by atoms with van der Waals surface area (Å²) in [5, 5.41) is 6.04. The second kappa shape index (κ2) is 9.48. The molecule has 2 N–H and O–H groups in total. The van der Waals surface area contributed by atoms with E-state index in [2.05, 4.69) is 20.5 Å². The Morgan fingerprint density at radius 2 is 2.09 bits per heavy atom. The van der Waals surface area contributed by atoms with Crippen molar-refractivity contribution in [2.75, 3.05) is 30.4 Å². The molecule has 1 aliphatic heterocycles. The normalized spacial score (nSPS) is 21.8. The van der Waals surface area contributed by atoms with Crippen molar-refractivity contribution < 1.29 is 4.79 Å². The third-order valence-electron chi connectivity index (χ3n) is 7.34. The standard InChI is InChI=1S/C26H31N7O2/c1-27-24(34)18-6-3-9-26(15-18)10-13-33(17-26)22-14-21(29-20-8-5-12-32(2)25(20)35)30-23(31-22)19-7-4-11-28-16-19/h4-5,7-8,11-12,14,16,18H,3,6,9-10,13,15,17H2,1-2H3,(H,27,34)(H,29,30,31). The van der Waals surface area contributed by atoms with Crippen LogP contribution < -0.4 is 21.1 Å². The number of hydrogen-bond donors (Lipinski definition) is 2. The SMILES string of the molecule is CNC(=O)C1CCCC2(CCN(c3cc(Nc4cccn(C)c4=O)nc(-c4cccnc4)n3)C2)C1. The van der Waals surface area contributed by atoms with Crippen LogP contribution in [-0.4, -0.2) is 45.6 Å². The largest absolute Gasteiger partial charge is 0.359 e. The lowest BCUT2D eigenvalue weighted by Crippen LogP contribution is -2.38. The van der Waals surface area contributed by atoms with E-state index in [9.17, 15) is 9.59 Å². The highest BCUT2D eigenvalue weighted by Gasteiger charge is 2.43. The molecule has 2 fully saturated rings. The molecular formula is C26H31N7O2. The van der Waals surface area contributed by atoms with Crippen LogP contribution in [0, 0.1) is 11.3 Å². The lowest BCUT2D eigenvalue weighted by molar-refractivity contribution is -0.126. The smallest absolute Gasteiger partial charge is 0.274 e. The number of amides is 1. The highest BCUT2D eigenvalue weighted by molar-refractivity contribution is 5.78. The Morgan fingerprint density at radius 1 is 1.20 bits per heavy atom. The average Bonchev–Trinajstić information content (AvgIpc) is 3.29. The van der Waals surface area contributed by atoms with Crippen molar-refractivity contribution in [3.8, 4) is 11.4 Å². The molecule has 2 aliphatic rings. The first-order valence-electron chi connectivity index (χ1n) is 12.2. The number of aryl methyl sites for hydroxylation is 1. The number of rotatable bonds is 5. The van der Waals surface area contributed by atoms with E-state index in [1.54, 1.807) is 38.8 Å². The van der Waals surface area contributed by atoms with Gasteiger partial charge in [0, 0.05) is 63.3 Å². The maximum absolute atomic E-state index is 12.6. The fraction of sp³-hybridized carbons (Fsp3) is 0.423. The molecule has 182 valence electrons.